The van der Waals surface area contributed by atoms with Gasteiger partial charge in [0.1, 0.15) is 6.04 Å². The Labute approximate surface area is 240 Å². The number of benzene rings is 3. The van der Waals surface area contributed by atoms with E-state index < -0.39 is 16.1 Å². The summed E-state index contributed by atoms with van der Waals surface area (Å²) < 4.78 is 29.0. The highest BCUT2D eigenvalue weighted by Crippen LogP contribution is 2.25. The highest BCUT2D eigenvalue weighted by atomic mass is 35.5. The van der Waals surface area contributed by atoms with Crippen molar-refractivity contribution in [1.29, 1.82) is 0 Å². The first kappa shape index (κ1) is 28.5. The molecule has 3 aromatic rings. The van der Waals surface area contributed by atoms with E-state index in [9.17, 15) is 18.0 Å². The highest BCUT2D eigenvalue weighted by Gasteiger charge is 2.35. The predicted octanol–water partition coefficient (Wildman–Crippen LogP) is 4.06. The van der Waals surface area contributed by atoms with Gasteiger partial charge in [0.2, 0.25) is 21.8 Å². The van der Waals surface area contributed by atoms with Crippen LogP contribution in [0.4, 0.5) is 0 Å². The van der Waals surface area contributed by atoms with Crippen LogP contribution in [0.1, 0.15) is 37.3 Å². The smallest absolute Gasteiger partial charge is 0.242 e. The van der Waals surface area contributed by atoms with Crippen molar-refractivity contribution in [2.75, 3.05) is 39.8 Å². The number of halogens is 1. The standard InChI is InChI=1S/C30H35ClN4O4S/c1-33(28(20-34-15-5-6-16-34)22-8-3-2-4-9-22)29(36)21-35-17-7-10-27(30(35)37)32-40(38,39)26-14-12-23-18-25(31)13-11-24(23)19-26/h2-4,8-9,11-14,18-19,27-28,32H,5-7,10,15-17,20-21H2,1H3. The van der Waals surface area contributed by atoms with Crippen molar-refractivity contribution in [3.05, 3.63) is 77.3 Å². The number of likely N-dealkylation sites (tertiary alicyclic amines) is 2. The van der Waals surface area contributed by atoms with E-state index in [4.69, 9.17) is 11.6 Å². The van der Waals surface area contributed by atoms with Crippen LogP contribution in [0.5, 0.6) is 0 Å². The second-order valence-electron chi connectivity index (χ2n) is 10.7. The van der Waals surface area contributed by atoms with E-state index in [0.29, 0.717) is 24.4 Å². The molecule has 2 saturated heterocycles. The Bertz CT molecular complexity index is 1480. The quantitative estimate of drug-likeness (QED) is 0.411. The lowest BCUT2D eigenvalue weighted by atomic mass is 10.0. The molecule has 10 heteroatoms. The highest BCUT2D eigenvalue weighted by molar-refractivity contribution is 7.89. The van der Waals surface area contributed by atoms with Crippen molar-refractivity contribution in [1.82, 2.24) is 19.4 Å². The van der Waals surface area contributed by atoms with E-state index in [1.807, 2.05) is 30.3 Å². The molecule has 0 bridgehead atoms. The predicted molar refractivity (Wildman–Crippen MR) is 157 cm³/mol. The van der Waals surface area contributed by atoms with Crippen molar-refractivity contribution in [2.24, 2.45) is 0 Å². The third-order valence-corrected chi connectivity index (χ3v) is 9.62. The molecule has 40 heavy (non-hydrogen) atoms. The number of carbonyl (C=O) groups excluding carboxylic acids is 2. The number of hydrogen-bond acceptors (Lipinski definition) is 5. The fraction of sp³-hybridized carbons (Fsp3) is 0.400. The molecule has 1 N–H and O–H groups in total. The maximum absolute atomic E-state index is 13.5. The molecule has 2 aliphatic rings. The maximum atomic E-state index is 13.5. The van der Waals surface area contributed by atoms with E-state index in [0.717, 1.165) is 48.8 Å². The van der Waals surface area contributed by atoms with Gasteiger partial charge in [-0.25, -0.2) is 8.42 Å². The maximum Gasteiger partial charge on any atom is 0.242 e. The van der Waals surface area contributed by atoms with Gasteiger partial charge in [-0.05, 0) is 79.4 Å². The Kier molecular flexibility index (Phi) is 8.75. The first-order valence-corrected chi connectivity index (χ1v) is 15.6. The molecular formula is C30H35ClN4O4S. The third-order valence-electron chi connectivity index (χ3n) is 7.91. The molecule has 2 amide bonds. The van der Waals surface area contributed by atoms with E-state index in [-0.39, 0.29) is 29.3 Å². The molecule has 0 spiro atoms. The minimum atomic E-state index is -3.96. The summed E-state index contributed by atoms with van der Waals surface area (Å²) in [7, 11) is -2.17. The van der Waals surface area contributed by atoms with Crippen LogP contribution in [-0.2, 0) is 19.6 Å². The van der Waals surface area contributed by atoms with Gasteiger partial charge in [0.15, 0.2) is 0 Å². The summed E-state index contributed by atoms with van der Waals surface area (Å²) in [5.41, 5.74) is 1.05. The van der Waals surface area contributed by atoms with Crippen LogP contribution in [-0.4, -0.2) is 80.7 Å². The minimum Gasteiger partial charge on any atom is -0.336 e. The molecule has 5 rings (SSSR count). The van der Waals surface area contributed by atoms with Crippen LogP contribution in [0.25, 0.3) is 10.8 Å². The van der Waals surface area contributed by atoms with Gasteiger partial charge in [0.25, 0.3) is 0 Å². The van der Waals surface area contributed by atoms with Crippen molar-refractivity contribution < 1.29 is 18.0 Å². The molecule has 2 fully saturated rings. The van der Waals surface area contributed by atoms with Gasteiger partial charge in [0, 0.05) is 25.2 Å². The summed E-state index contributed by atoms with van der Waals surface area (Å²) in [6.07, 6.45) is 3.30. The summed E-state index contributed by atoms with van der Waals surface area (Å²) in [4.78, 5) is 32.5. The molecular weight excluding hydrogens is 548 g/mol. The molecule has 2 heterocycles. The number of sulfonamides is 1. The Morgan fingerprint density at radius 2 is 1.70 bits per heavy atom. The molecule has 8 nitrogen and oxygen atoms in total. The van der Waals surface area contributed by atoms with Gasteiger partial charge < -0.3 is 14.7 Å². The van der Waals surface area contributed by atoms with Crippen LogP contribution in [0.15, 0.2) is 71.6 Å². The normalized spacial score (nSPS) is 19.2. The number of nitrogens with one attached hydrogen (secondary N) is 1. The van der Waals surface area contributed by atoms with Gasteiger partial charge >= 0.3 is 0 Å². The molecule has 0 radical (unpaired) electrons. The zero-order chi connectivity index (χ0) is 28.3. The molecule has 2 unspecified atom stereocenters. The molecule has 3 aromatic carbocycles. The average Bonchev–Trinajstić information content (AvgIpc) is 3.47. The fourth-order valence-corrected chi connectivity index (χ4v) is 7.05. The number of fused-ring (bicyclic) bond motifs is 1. The van der Waals surface area contributed by atoms with Crippen LogP contribution in [0.2, 0.25) is 5.02 Å². The Morgan fingerprint density at radius 3 is 2.45 bits per heavy atom. The van der Waals surface area contributed by atoms with Gasteiger partial charge in [-0.15, -0.1) is 0 Å². The van der Waals surface area contributed by atoms with Gasteiger partial charge in [-0.3, -0.25) is 9.59 Å². The number of likely N-dealkylation sites (N-methyl/N-ethyl adjacent to an activating group) is 1. The van der Waals surface area contributed by atoms with Crippen molar-refractivity contribution in [3.63, 3.8) is 0 Å². The zero-order valence-corrected chi connectivity index (χ0v) is 24.2. The number of amides is 2. The lowest BCUT2D eigenvalue weighted by Crippen LogP contribution is -2.54. The molecule has 0 aromatic heterocycles. The fourth-order valence-electron chi connectivity index (χ4n) is 5.61. The lowest BCUT2D eigenvalue weighted by Gasteiger charge is -2.36. The van der Waals surface area contributed by atoms with Gasteiger partial charge in [0.05, 0.1) is 17.5 Å². The van der Waals surface area contributed by atoms with Crippen LogP contribution in [0.3, 0.4) is 0 Å². The molecule has 0 saturated carbocycles. The number of rotatable bonds is 9. The molecule has 212 valence electrons. The number of piperidine rings is 1. The summed E-state index contributed by atoms with van der Waals surface area (Å²) >= 11 is 6.05. The summed E-state index contributed by atoms with van der Waals surface area (Å²) in [5.74, 6) is -0.543. The zero-order valence-electron chi connectivity index (χ0n) is 22.6. The van der Waals surface area contributed by atoms with Crippen molar-refractivity contribution in [3.8, 4) is 0 Å². The largest absolute Gasteiger partial charge is 0.336 e. The topological polar surface area (TPSA) is 90.0 Å². The second-order valence-corrected chi connectivity index (χ2v) is 12.8. The van der Waals surface area contributed by atoms with Crippen LogP contribution >= 0.6 is 11.6 Å². The number of carbonyl (C=O) groups is 2. The molecule has 0 aliphatic carbocycles. The van der Waals surface area contributed by atoms with Crippen molar-refractivity contribution in [2.45, 2.75) is 42.7 Å². The van der Waals surface area contributed by atoms with Gasteiger partial charge in [-0.1, -0.05) is 54.1 Å². The van der Waals surface area contributed by atoms with E-state index in [2.05, 4.69) is 9.62 Å². The number of nitrogens with zero attached hydrogens (tertiary/aromatic N) is 3. The van der Waals surface area contributed by atoms with Crippen molar-refractivity contribution >= 4 is 44.2 Å². The minimum absolute atomic E-state index is 0.0793. The Hall–Kier alpha value is -2.98. The SMILES string of the molecule is CN(C(=O)CN1CCCC(NS(=O)(=O)c2ccc3cc(Cl)ccc3c2)C1=O)C(CN1CCCC1)c1ccccc1. The lowest BCUT2D eigenvalue weighted by molar-refractivity contribution is -0.143. The molecule has 2 aliphatic heterocycles. The Morgan fingerprint density at radius 1 is 1.00 bits per heavy atom. The van der Waals surface area contributed by atoms with Crippen LogP contribution < -0.4 is 4.72 Å². The summed E-state index contributed by atoms with van der Waals surface area (Å²) in [6, 6.07) is 18.9. The van der Waals surface area contributed by atoms with E-state index >= 15 is 0 Å². The number of hydrogen-bond donors (Lipinski definition) is 1. The first-order chi connectivity index (χ1) is 19.2. The van der Waals surface area contributed by atoms with Gasteiger partial charge in [-0.2, -0.15) is 4.72 Å². The second kappa shape index (κ2) is 12.3. The molecule has 2 atom stereocenters. The van der Waals surface area contributed by atoms with Crippen LogP contribution in [0, 0.1) is 0 Å². The average molecular weight is 583 g/mol. The first-order valence-electron chi connectivity index (χ1n) is 13.7. The van der Waals surface area contributed by atoms with E-state index in [1.54, 1.807) is 42.3 Å². The van der Waals surface area contributed by atoms with E-state index in [1.165, 1.54) is 11.0 Å². The monoisotopic (exact) mass is 582 g/mol. The third kappa shape index (κ3) is 6.49. The summed E-state index contributed by atoms with van der Waals surface area (Å²) in [5, 5.41) is 2.13. The Balaban J connectivity index is 1.26. The summed E-state index contributed by atoms with van der Waals surface area (Å²) in [6.45, 7) is 3.09.